The number of carbonyl (C=O) groups is 2. The van der Waals surface area contributed by atoms with Crippen molar-refractivity contribution in [1.29, 1.82) is 0 Å². The van der Waals surface area contributed by atoms with Crippen LogP contribution in [0, 0.1) is 0 Å². The van der Waals surface area contributed by atoms with Crippen molar-refractivity contribution in [2.45, 2.75) is 44.2 Å². The summed E-state index contributed by atoms with van der Waals surface area (Å²) in [7, 11) is -1.17. The third-order valence-electron chi connectivity index (χ3n) is 6.47. The highest BCUT2D eigenvalue weighted by atomic mass is 35.5. The minimum atomic E-state index is -4.22. The van der Waals surface area contributed by atoms with Crippen LogP contribution in [0.4, 0.5) is 5.69 Å². The van der Waals surface area contributed by atoms with Crippen LogP contribution in [0.5, 0.6) is 11.5 Å². The van der Waals surface area contributed by atoms with Crippen LogP contribution in [0.3, 0.4) is 0 Å². The number of hydrogen-bond donors (Lipinski definition) is 1. The van der Waals surface area contributed by atoms with Crippen LogP contribution in [0.2, 0.25) is 5.02 Å². The zero-order valence-electron chi connectivity index (χ0n) is 23.7. The molecule has 41 heavy (non-hydrogen) atoms. The Morgan fingerprint density at radius 1 is 0.927 bits per heavy atom. The van der Waals surface area contributed by atoms with Gasteiger partial charge in [0.15, 0.2) is 0 Å². The van der Waals surface area contributed by atoms with E-state index in [4.69, 9.17) is 21.1 Å². The highest BCUT2D eigenvalue weighted by molar-refractivity contribution is 7.92. The van der Waals surface area contributed by atoms with E-state index in [2.05, 4.69) is 5.32 Å². The molecule has 3 aromatic carbocycles. The van der Waals surface area contributed by atoms with E-state index in [9.17, 15) is 18.0 Å². The summed E-state index contributed by atoms with van der Waals surface area (Å²) in [6.45, 7) is 3.75. The Morgan fingerprint density at radius 2 is 1.54 bits per heavy atom. The van der Waals surface area contributed by atoms with Crippen molar-refractivity contribution in [3.8, 4) is 11.5 Å². The smallest absolute Gasteiger partial charge is 0.264 e. The van der Waals surface area contributed by atoms with Crippen LogP contribution in [-0.2, 0) is 26.2 Å². The minimum Gasteiger partial charge on any atom is -0.497 e. The first kappa shape index (κ1) is 31.8. The highest BCUT2D eigenvalue weighted by Crippen LogP contribution is 2.28. The van der Waals surface area contributed by atoms with Gasteiger partial charge in [-0.25, -0.2) is 8.42 Å². The van der Waals surface area contributed by atoms with Gasteiger partial charge < -0.3 is 19.7 Å². The van der Waals surface area contributed by atoms with Crippen LogP contribution in [0.25, 0.3) is 0 Å². The summed E-state index contributed by atoms with van der Waals surface area (Å²) in [5, 5.41) is 3.18. The molecule has 0 aliphatic carbocycles. The molecule has 0 aliphatic heterocycles. The molecule has 0 saturated heterocycles. The van der Waals surface area contributed by atoms with E-state index < -0.39 is 28.5 Å². The van der Waals surface area contributed by atoms with Gasteiger partial charge in [0.1, 0.15) is 24.1 Å². The number of carbonyl (C=O) groups excluding carboxylic acids is 2. The number of benzene rings is 3. The summed E-state index contributed by atoms with van der Waals surface area (Å²) in [6, 6.07) is 18.5. The number of amides is 2. The van der Waals surface area contributed by atoms with Gasteiger partial charge in [-0.15, -0.1) is 0 Å². The molecule has 9 nitrogen and oxygen atoms in total. The molecule has 1 N–H and O–H groups in total. The SMILES string of the molecule is CCCNC(=O)[C@@H](CC)N(Cc1ccc(OC)cc1)C(=O)CN(c1cccc(Cl)c1)S(=O)(=O)c1ccc(OC)cc1. The number of nitrogens with zero attached hydrogens (tertiary/aromatic N) is 2. The van der Waals surface area contributed by atoms with Gasteiger partial charge in [0.25, 0.3) is 10.0 Å². The molecule has 2 amide bonds. The quantitative estimate of drug-likeness (QED) is 0.282. The Bertz CT molecular complexity index is 1410. The van der Waals surface area contributed by atoms with E-state index >= 15 is 0 Å². The second kappa shape index (κ2) is 14.7. The van der Waals surface area contributed by atoms with Crippen LogP contribution < -0.4 is 19.1 Å². The topological polar surface area (TPSA) is 105 Å². The van der Waals surface area contributed by atoms with Gasteiger partial charge in [0, 0.05) is 18.1 Å². The number of halogens is 1. The standard InChI is InChI=1S/C30H36ClN3O6S/c1-5-18-32-30(36)28(6-2)33(20-22-10-12-25(39-3)13-11-22)29(35)21-34(24-9-7-8-23(31)19-24)41(37,38)27-16-14-26(40-4)15-17-27/h7-17,19,28H,5-6,18,20-21H2,1-4H3,(H,32,36)/t28-/m1/s1. The molecule has 11 heteroatoms. The predicted octanol–water partition coefficient (Wildman–Crippen LogP) is 4.89. The molecule has 3 aromatic rings. The molecule has 0 heterocycles. The lowest BCUT2D eigenvalue weighted by Gasteiger charge is -2.33. The molecule has 3 rings (SSSR count). The van der Waals surface area contributed by atoms with Crippen molar-refractivity contribution in [2.75, 3.05) is 31.6 Å². The van der Waals surface area contributed by atoms with E-state index in [1.165, 1.54) is 42.3 Å². The molecule has 0 saturated carbocycles. The first-order valence-electron chi connectivity index (χ1n) is 13.3. The summed E-state index contributed by atoms with van der Waals surface area (Å²) in [5.41, 5.74) is 0.975. The second-order valence-corrected chi connectivity index (χ2v) is 11.6. The summed E-state index contributed by atoms with van der Waals surface area (Å²) in [6.07, 6.45) is 1.07. The number of nitrogens with one attached hydrogen (secondary N) is 1. The normalized spacial score (nSPS) is 11.8. The van der Waals surface area contributed by atoms with E-state index in [-0.39, 0.29) is 23.0 Å². The number of hydrogen-bond acceptors (Lipinski definition) is 6. The third kappa shape index (κ3) is 8.14. The van der Waals surface area contributed by atoms with Gasteiger partial charge in [0.2, 0.25) is 11.8 Å². The van der Waals surface area contributed by atoms with Gasteiger partial charge in [-0.05, 0) is 73.0 Å². The molecule has 0 fully saturated rings. The van der Waals surface area contributed by atoms with E-state index in [0.29, 0.717) is 29.5 Å². The van der Waals surface area contributed by atoms with Crippen LogP contribution in [-0.4, -0.2) is 58.5 Å². The van der Waals surface area contributed by atoms with Gasteiger partial charge in [-0.2, -0.15) is 0 Å². The molecule has 0 radical (unpaired) electrons. The number of anilines is 1. The maximum atomic E-state index is 14.1. The molecule has 0 unspecified atom stereocenters. The van der Waals surface area contributed by atoms with Gasteiger partial charge in [-0.3, -0.25) is 13.9 Å². The lowest BCUT2D eigenvalue weighted by atomic mass is 10.1. The second-order valence-electron chi connectivity index (χ2n) is 9.25. The summed E-state index contributed by atoms with van der Waals surface area (Å²) >= 11 is 6.22. The number of methoxy groups -OCH3 is 2. The van der Waals surface area contributed by atoms with Crippen molar-refractivity contribution < 1.29 is 27.5 Å². The number of rotatable bonds is 14. The van der Waals surface area contributed by atoms with E-state index in [1.54, 1.807) is 49.6 Å². The molecule has 220 valence electrons. The molecular weight excluding hydrogens is 566 g/mol. The fourth-order valence-corrected chi connectivity index (χ4v) is 5.84. The Kier molecular flexibility index (Phi) is 11.4. The largest absolute Gasteiger partial charge is 0.497 e. The van der Waals surface area contributed by atoms with Crippen LogP contribution in [0.15, 0.2) is 77.7 Å². The molecule has 1 atom stereocenters. The number of ether oxygens (including phenoxy) is 2. The van der Waals surface area contributed by atoms with Crippen LogP contribution >= 0.6 is 11.6 Å². The summed E-state index contributed by atoms with van der Waals surface area (Å²) in [4.78, 5) is 28.6. The Hall–Kier alpha value is -3.76. The zero-order chi connectivity index (χ0) is 30.0. The van der Waals surface area contributed by atoms with E-state index in [0.717, 1.165) is 16.3 Å². The average molecular weight is 602 g/mol. The average Bonchev–Trinajstić information content (AvgIpc) is 2.98. The van der Waals surface area contributed by atoms with Gasteiger partial charge in [-0.1, -0.05) is 43.6 Å². The monoisotopic (exact) mass is 601 g/mol. The fourth-order valence-electron chi connectivity index (χ4n) is 4.25. The zero-order valence-corrected chi connectivity index (χ0v) is 25.2. The Balaban J connectivity index is 2.04. The van der Waals surface area contributed by atoms with Crippen molar-refractivity contribution >= 4 is 39.1 Å². The molecule has 0 bridgehead atoms. The van der Waals surface area contributed by atoms with Crippen molar-refractivity contribution in [3.05, 3.63) is 83.4 Å². The molecule has 0 aliphatic rings. The highest BCUT2D eigenvalue weighted by Gasteiger charge is 2.33. The lowest BCUT2D eigenvalue weighted by Crippen LogP contribution is -2.52. The predicted molar refractivity (Wildman–Crippen MR) is 160 cm³/mol. The Labute approximate surface area is 247 Å². The minimum absolute atomic E-state index is 0.0273. The number of sulfonamides is 1. The summed E-state index contributed by atoms with van der Waals surface area (Å²) < 4.78 is 39.3. The maximum Gasteiger partial charge on any atom is 0.264 e. The van der Waals surface area contributed by atoms with Crippen LogP contribution in [0.1, 0.15) is 32.3 Å². The van der Waals surface area contributed by atoms with Gasteiger partial charge in [0.05, 0.1) is 24.8 Å². The first-order valence-corrected chi connectivity index (χ1v) is 15.1. The third-order valence-corrected chi connectivity index (χ3v) is 8.49. The lowest BCUT2D eigenvalue weighted by molar-refractivity contribution is -0.140. The Morgan fingerprint density at radius 3 is 2.07 bits per heavy atom. The van der Waals surface area contributed by atoms with Crippen molar-refractivity contribution in [1.82, 2.24) is 10.2 Å². The molecule has 0 aromatic heterocycles. The van der Waals surface area contributed by atoms with Crippen molar-refractivity contribution in [3.63, 3.8) is 0 Å². The maximum absolute atomic E-state index is 14.1. The molecular formula is C30H36ClN3O6S. The van der Waals surface area contributed by atoms with Crippen molar-refractivity contribution in [2.24, 2.45) is 0 Å². The summed E-state index contributed by atoms with van der Waals surface area (Å²) in [5.74, 6) is 0.292. The van der Waals surface area contributed by atoms with E-state index in [1.807, 2.05) is 13.8 Å². The fraction of sp³-hybridized carbons (Fsp3) is 0.333. The first-order chi connectivity index (χ1) is 19.6. The van der Waals surface area contributed by atoms with Gasteiger partial charge >= 0.3 is 0 Å². The molecule has 0 spiro atoms.